The zero-order valence-electron chi connectivity index (χ0n) is 15.2. The number of anilines is 1. The van der Waals surface area contributed by atoms with E-state index in [1.54, 1.807) is 0 Å². The molecule has 0 spiro atoms. The smallest absolute Gasteiger partial charge is 0.252 e. The molecule has 1 N–H and O–H groups in total. The Morgan fingerprint density at radius 1 is 1.04 bits per heavy atom. The molecule has 4 nitrogen and oxygen atoms in total. The monoisotopic (exact) mass is 415 g/mol. The van der Waals surface area contributed by atoms with Crippen molar-refractivity contribution in [2.75, 3.05) is 44.7 Å². The Kier molecular flexibility index (Phi) is 6.69. The van der Waals surface area contributed by atoms with E-state index in [0.717, 1.165) is 43.5 Å². The average molecular weight is 416 g/mol. The lowest BCUT2D eigenvalue weighted by atomic mass is 10.1. The first kappa shape index (κ1) is 18.9. The van der Waals surface area contributed by atoms with Gasteiger partial charge < -0.3 is 15.1 Å². The van der Waals surface area contributed by atoms with Gasteiger partial charge in [0.2, 0.25) is 0 Å². The van der Waals surface area contributed by atoms with Crippen molar-refractivity contribution < 1.29 is 4.79 Å². The molecule has 3 rings (SSSR count). The molecule has 1 heterocycles. The third-order valence-electron chi connectivity index (χ3n) is 4.85. The largest absolute Gasteiger partial charge is 0.369 e. The number of aryl methyl sites for hydroxylation is 1. The van der Waals surface area contributed by atoms with Gasteiger partial charge >= 0.3 is 0 Å². The molecule has 0 bridgehead atoms. The number of benzene rings is 2. The first-order chi connectivity index (χ1) is 12.6. The Bertz CT molecular complexity index is 724. The van der Waals surface area contributed by atoms with E-state index in [1.165, 1.54) is 11.3 Å². The maximum Gasteiger partial charge on any atom is 0.252 e. The highest BCUT2D eigenvalue weighted by molar-refractivity contribution is 9.10. The maximum atomic E-state index is 12.2. The van der Waals surface area contributed by atoms with Gasteiger partial charge in [-0.25, -0.2) is 0 Å². The molecular formula is C21H26BrN3O. The topological polar surface area (TPSA) is 35.6 Å². The molecule has 1 amide bonds. The Labute approximate surface area is 164 Å². The van der Waals surface area contributed by atoms with Crippen molar-refractivity contribution in [3.05, 3.63) is 64.1 Å². The van der Waals surface area contributed by atoms with Gasteiger partial charge in [0.15, 0.2) is 0 Å². The minimum Gasteiger partial charge on any atom is -0.369 e. The molecule has 0 radical (unpaired) electrons. The van der Waals surface area contributed by atoms with Crippen LogP contribution in [0, 0.1) is 0 Å². The molecule has 1 aliphatic heterocycles. The summed E-state index contributed by atoms with van der Waals surface area (Å²) in [5.74, 6) is -0.0251. The molecule has 138 valence electrons. The Morgan fingerprint density at radius 3 is 2.42 bits per heavy atom. The SMILES string of the molecule is CN1CCN(c2ccc(CCCNC(=O)c3ccccc3Br)cc2)CC1. The van der Waals surface area contributed by atoms with Crippen molar-refractivity contribution in [2.24, 2.45) is 0 Å². The van der Waals surface area contributed by atoms with Gasteiger partial charge in [-0.3, -0.25) is 4.79 Å². The highest BCUT2D eigenvalue weighted by Crippen LogP contribution is 2.18. The molecule has 2 aromatic carbocycles. The van der Waals surface area contributed by atoms with Gasteiger partial charge in [0, 0.05) is 42.9 Å². The molecular weight excluding hydrogens is 390 g/mol. The Hall–Kier alpha value is -1.85. The number of likely N-dealkylation sites (N-methyl/N-ethyl adjacent to an activating group) is 1. The number of amides is 1. The lowest BCUT2D eigenvalue weighted by Crippen LogP contribution is -2.44. The van der Waals surface area contributed by atoms with Crippen LogP contribution in [0.15, 0.2) is 53.0 Å². The van der Waals surface area contributed by atoms with Crippen LogP contribution in [0.1, 0.15) is 22.3 Å². The summed E-state index contributed by atoms with van der Waals surface area (Å²) < 4.78 is 0.831. The summed E-state index contributed by atoms with van der Waals surface area (Å²) >= 11 is 3.42. The quantitative estimate of drug-likeness (QED) is 0.732. The molecule has 1 aliphatic rings. The number of rotatable bonds is 6. The number of nitrogens with zero attached hydrogens (tertiary/aromatic N) is 2. The highest BCUT2D eigenvalue weighted by Gasteiger charge is 2.14. The van der Waals surface area contributed by atoms with E-state index in [1.807, 2.05) is 24.3 Å². The van der Waals surface area contributed by atoms with Gasteiger partial charge in [-0.15, -0.1) is 0 Å². The summed E-state index contributed by atoms with van der Waals surface area (Å²) in [5, 5.41) is 3.00. The molecule has 5 heteroatoms. The average Bonchev–Trinajstić information content (AvgIpc) is 2.66. The fourth-order valence-corrected chi connectivity index (χ4v) is 3.64. The van der Waals surface area contributed by atoms with E-state index in [-0.39, 0.29) is 5.91 Å². The predicted molar refractivity (Wildman–Crippen MR) is 111 cm³/mol. The predicted octanol–water partition coefficient (Wildman–Crippen LogP) is 3.56. The second-order valence-corrected chi connectivity index (χ2v) is 7.65. The van der Waals surface area contributed by atoms with Crippen LogP contribution < -0.4 is 10.2 Å². The van der Waals surface area contributed by atoms with Gasteiger partial charge in [-0.1, -0.05) is 24.3 Å². The summed E-state index contributed by atoms with van der Waals surface area (Å²) in [4.78, 5) is 17.0. The van der Waals surface area contributed by atoms with E-state index in [4.69, 9.17) is 0 Å². The van der Waals surface area contributed by atoms with E-state index >= 15 is 0 Å². The van der Waals surface area contributed by atoms with E-state index in [2.05, 4.69) is 62.4 Å². The van der Waals surface area contributed by atoms with Crippen molar-refractivity contribution in [1.82, 2.24) is 10.2 Å². The lowest BCUT2D eigenvalue weighted by Gasteiger charge is -2.34. The van der Waals surface area contributed by atoms with E-state index in [0.29, 0.717) is 12.1 Å². The normalized spacial score (nSPS) is 15.1. The summed E-state index contributed by atoms with van der Waals surface area (Å²) in [6, 6.07) is 16.4. The summed E-state index contributed by atoms with van der Waals surface area (Å²) in [7, 11) is 2.18. The van der Waals surface area contributed by atoms with Gasteiger partial charge in [-0.2, -0.15) is 0 Å². The lowest BCUT2D eigenvalue weighted by molar-refractivity contribution is 0.0952. The molecule has 0 unspecified atom stereocenters. The van der Waals surface area contributed by atoms with Crippen LogP contribution in [0.5, 0.6) is 0 Å². The van der Waals surface area contributed by atoms with E-state index in [9.17, 15) is 4.79 Å². The second-order valence-electron chi connectivity index (χ2n) is 6.80. The minimum absolute atomic E-state index is 0.0251. The molecule has 1 fully saturated rings. The summed E-state index contributed by atoms with van der Waals surface area (Å²) in [5.41, 5.74) is 3.31. The third kappa shape index (κ3) is 5.08. The van der Waals surface area contributed by atoms with Gasteiger partial charge in [0.1, 0.15) is 0 Å². The van der Waals surface area contributed by atoms with Gasteiger partial charge in [-0.05, 0) is 65.6 Å². The fraction of sp³-hybridized carbons (Fsp3) is 0.381. The van der Waals surface area contributed by atoms with Crippen molar-refractivity contribution in [2.45, 2.75) is 12.8 Å². The first-order valence-corrected chi connectivity index (χ1v) is 9.98. The Balaban J connectivity index is 1.42. The molecule has 1 saturated heterocycles. The van der Waals surface area contributed by atoms with Crippen LogP contribution in [0.4, 0.5) is 5.69 Å². The van der Waals surface area contributed by atoms with Crippen molar-refractivity contribution in [3.8, 4) is 0 Å². The Morgan fingerprint density at radius 2 is 1.73 bits per heavy atom. The van der Waals surface area contributed by atoms with Crippen LogP contribution >= 0.6 is 15.9 Å². The van der Waals surface area contributed by atoms with Crippen molar-refractivity contribution in [1.29, 1.82) is 0 Å². The molecule has 26 heavy (non-hydrogen) atoms. The van der Waals surface area contributed by atoms with Gasteiger partial charge in [0.25, 0.3) is 5.91 Å². The molecule has 0 atom stereocenters. The first-order valence-electron chi connectivity index (χ1n) is 9.18. The number of nitrogens with one attached hydrogen (secondary N) is 1. The number of halogens is 1. The summed E-state index contributed by atoms with van der Waals surface area (Å²) in [6.45, 7) is 5.12. The van der Waals surface area contributed by atoms with E-state index < -0.39 is 0 Å². The molecule has 0 saturated carbocycles. The second kappa shape index (κ2) is 9.19. The van der Waals surface area contributed by atoms with Crippen molar-refractivity contribution >= 4 is 27.5 Å². The fourth-order valence-electron chi connectivity index (χ4n) is 3.17. The number of hydrogen-bond donors (Lipinski definition) is 1. The summed E-state index contributed by atoms with van der Waals surface area (Å²) in [6.07, 6.45) is 1.91. The number of hydrogen-bond acceptors (Lipinski definition) is 3. The highest BCUT2D eigenvalue weighted by atomic mass is 79.9. The van der Waals surface area contributed by atoms with Gasteiger partial charge in [0.05, 0.1) is 5.56 Å². The molecule has 2 aromatic rings. The number of piperazine rings is 1. The zero-order valence-corrected chi connectivity index (χ0v) is 16.8. The molecule has 0 aromatic heterocycles. The van der Waals surface area contributed by atoms with Crippen LogP contribution in [-0.4, -0.2) is 50.6 Å². The zero-order chi connectivity index (χ0) is 18.4. The number of carbonyl (C=O) groups excluding carboxylic acids is 1. The third-order valence-corrected chi connectivity index (χ3v) is 5.54. The van der Waals surface area contributed by atoms with Crippen LogP contribution in [-0.2, 0) is 6.42 Å². The minimum atomic E-state index is -0.0251. The standard InChI is InChI=1S/C21H26BrN3O/c1-24-13-15-25(16-14-24)18-10-8-17(9-11-18)5-4-12-23-21(26)19-6-2-3-7-20(19)22/h2-3,6-11H,4-5,12-16H2,1H3,(H,23,26). The van der Waals surface area contributed by atoms with Crippen LogP contribution in [0.25, 0.3) is 0 Å². The van der Waals surface area contributed by atoms with Crippen LogP contribution in [0.2, 0.25) is 0 Å². The maximum absolute atomic E-state index is 12.2. The number of carbonyl (C=O) groups is 1. The van der Waals surface area contributed by atoms with Crippen LogP contribution in [0.3, 0.4) is 0 Å². The molecule has 0 aliphatic carbocycles. The van der Waals surface area contributed by atoms with Crippen molar-refractivity contribution in [3.63, 3.8) is 0 Å².